The van der Waals surface area contributed by atoms with E-state index in [1.165, 1.54) is 11.6 Å². The molecule has 0 amide bonds. The number of hydrogen-bond acceptors (Lipinski definition) is 2. The van der Waals surface area contributed by atoms with Crippen molar-refractivity contribution in [3.8, 4) is 11.5 Å². The Kier molecular flexibility index (Phi) is 4.63. The van der Waals surface area contributed by atoms with E-state index in [1.807, 2.05) is 32.0 Å². The Bertz CT molecular complexity index is 635. The first kappa shape index (κ1) is 15.5. The number of hydrogen-bond donors (Lipinski definition) is 1. The van der Waals surface area contributed by atoms with Crippen molar-refractivity contribution in [3.05, 3.63) is 58.9 Å². The topological polar surface area (TPSA) is 35.2 Å². The fourth-order valence-corrected chi connectivity index (χ4v) is 2.47. The van der Waals surface area contributed by atoms with Gasteiger partial charge in [-0.05, 0) is 49.1 Å². The highest BCUT2D eigenvalue weighted by Gasteiger charge is 2.14. The molecule has 2 rings (SSSR count). The lowest BCUT2D eigenvalue weighted by atomic mass is 9.98. The summed E-state index contributed by atoms with van der Waals surface area (Å²) in [6.07, 6.45) is 0. The van der Waals surface area contributed by atoms with Crippen molar-refractivity contribution in [3.63, 3.8) is 0 Å². The molecule has 0 fully saturated rings. The first-order valence-electron chi connectivity index (χ1n) is 7.22. The van der Waals surface area contributed by atoms with E-state index in [1.54, 1.807) is 12.1 Å². The van der Waals surface area contributed by atoms with Crippen LogP contribution in [0.3, 0.4) is 0 Å². The molecule has 2 N–H and O–H groups in total. The average Bonchev–Trinajstić information content (AvgIpc) is 2.40. The molecular formula is C18H22FNO. The van der Waals surface area contributed by atoms with E-state index in [2.05, 4.69) is 13.8 Å². The van der Waals surface area contributed by atoms with Crippen molar-refractivity contribution < 1.29 is 9.13 Å². The number of rotatable bonds is 4. The van der Waals surface area contributed by atoms with Crippen molar-refractivity contribution in [1.82, 2.24) is 0 Å². The van der Waals surface area contributed by atoms with Crippen molar-refractivity contribution >= 4 is 0 Å². The summed E-state index contributed by atoms with van der Waals surface area (Å²) in [6, 6.07) is 10.4. The zero-order chi connectivity index (χ0) is 15.6. The fraction of sp³-hybridized carbons (Fsp3) is 0.333. The average molecular weight is 287 g/mol. The highest BCUT2D eigenvalue weighted by atomic mass is 19.1. The third-order valence-corrected chi connectivity index (χ3v) is 3.57. The monoisotopic (exact) mass is 287 g/mol. The smallest absolute Gasteiger partial charge is 0.167 e. The fourth-order valence-electron chi connectivity index (χ4n) is 2.47. The molecule has 1 atom stereocenters. The van der Waals surface area contributed by atoms with Gasteiger partial charge in [0.05, 0.1) is 0 Å². The molecular weight excluding hydrogens is 265 g/mol. The number of aryl methyl sites for hydroxylation is 1. The number of halogens is 1. The van der Waals surface area contributed by atoms with E-state index in [0.29, 0.717) is 17.2 Å². The van der Waals surface area contributed by atoms with Gasteiger partial charge in [-0.2, -0.15) is 0 Å². The second-order valence-electron chi connectivity index (χ2n) is 5.72. The molecule has 0 radical (unpaired) electrons. The summed E-state index contributed by atoms with van der Waals surface area (Å²) in [4.78, 5) is 0. The zero-order valence-corrected chi connectivity index (χ0v) is 13.0. The number of ether oxygens (including phenoxy) is 1. The molecule has 0 aliphatic carbocycles. The van der Waals surface area contributed by atoms with Gasteiger partial charge in [0, 0.05) is 11.6 Å². The Morgan fingerprint density at radius 2 is 1.76 bits per heavy atom. The summed E-state index contributed by atoms with van der Waals surface area (Å²) < 4.78 is 19.8. The molecule has 0 bridgehead atoms. The summed E-state index contributed by atoms with van der Waals surface area (Å²) >= 11 is 0. The van der Waals surface area contributed by atoms with Crippen LogP contribution in [-0.2, 0) is 0 Å². The van der Waals surface area contributed by atoms with Crippen molar-refractivity contribution in [2.75, 3.05) is 0 Å². The van der Waals surface area contributed by atoms with Gasteiger partial charge in [-0.15, -0.1) is 0 Å². The van der Waals surface area contributed by atoms with Crippen LogP contribution in [0, 0.1) is 12.7 Å². The third kappa shape index (κ3) is 3.42. The van der Waals surface area contributed by atoms with Crippen LogP contribution in [0.1, 0.15) is 49.4 Å². The highest BCUT2D eigenvalue weighted by Crippen LogP contribution is 2.33. The first-order valence-corrected chi connectivity index (χ1v) is 7.22. The van der Waals surface area contributed by atoms with Gasteiger partial charge in [0.25, 0.3) is 0 Å². The van der Waals surface area contributed by atoms with Gasteiger partial charge in [0.15, 0.2) is 11.6 Å². The standard InChI is InChI=1S/C18H22FNO/c1-11(2)15-9-8-14(10-12(15)3)21-18-16(13(4)20)6-5-7-17(18)19/h5-11,13H,20H2,1-4H3. The predicted octanol–water partition coefficient (Wildman–Crippen LogP) is 5.07. The van der Waals surface area contributed by atoms with Gasteiger partial charge >= 0.3 is 0 Å². The summed E-state index contributed by atoms with van der Waals surface area (Å²) in [6.45, 7) is 8.15. The van der Waals surface area contributed by atoms with E-state index in [9.17, 15) is 4.39 Å². The predicted molar refractivity (Wildman–Crippen MR) is 84.3 cm³/mol. The van der Waals surface area contributed by atoms with Crippen LogP contribution in [0.25, 0.3) is 0 Å². The van der Waals surface area contributed by atoms with Gasteiger partial charge in [0.2, 0.25) is 0 Å². The molecule has 2 nitrogen and oxygen atoms in total. The molecule has 0 spiro atoms. The maximum atomic E-state index is 14.0. The normalized spacial score (nSPS) is 12.5. The minimum Gasteiger partial charge on any atom is -0.454 e. The lowest BCUT2D eigenvalue weighted by molar-refractivity contribution is 0.432. The number of nitrogens with two attached hydrogens (primary N) is 1. The lowest BCUT2D eigenvalue weighted by Crippen LogP contribution is -2.07. The van der Waals surface area contributed by atoms with Gasteiger partial charge < -0.3 is 10.5 Å². The largest absolute Gasteiger partial charge is 0.454 e. The quantitative estimate of drug-likeness (QED) is 0.852. The Hall–Kier alpha value is -1.87. The molecule has 0 aliphatic heterocycles. The van der Waals surface area contributed by atoms with E-state index in [-0.39, 0.29) is 11.8 Å². The maximum Gasteiger partial charge on any atom is 0.167 e. The molecule has 0 saturated carbocycles. The molecule has 0 aromatic heterocycles. The van der Waals surface area contributed by atoms with Gasteiger partial charge in [-0.25, -0.2) is 4.39 Å². The third-order valence-electron chi connectivity index (χ3n) is 3.57. The van der Waals surface area contributed by atoms with Crippen LogP contribution in [0.4, 0.5) is 4.39 Å². The first-order chi connectivity index (χ1) is 9.90. The van der Waals surface area contributed by atoms with Gasteiger partial charge in [-0.1, -0.05) is 32.0 Å². The van der Waals surface area contributed by atoms with Crippen molar-refractivity contribution in [2.45, 2.75) is 39.7 Å². The van der Waals surface area contributed by atoms with Crippen LogP contribution in [0.5, 0.6) is 11.5 Å². The second kappa shape index (κ2) is 6.27. The summed E-state index contributed by atoms with van der Waals surface area (Å²) in [7, 11) is 0. The Morgan fingerprint density at radius 1 is 1.05 bits per heavy atom. The van der Waals surface area contributed by atoms with Gasteiger partial charge in [-0.3, -0.25) is 0 Å². The second-order valence-corrected chi connectivity index (χ2v) is 5.72. The van der Waals surface area contributed by atoms with Crippen LogP contribution in [0.2, 0.25) is 0 Å². The molecule has 0 aliphatic rings. The molecule has 3 heteroatoms. The van der Waals surface area contributed by atoms with E-state index in [0.717, 1.165) is 5.56 Å². The lowest BCUT2D eigenvalue weighted by Gasteiger charge is -2.16. The van der Waals surface area contributed by atoms with Crippen LogP contribution in [0.15, 0.2) is 36.4 Å². The van der Waals surface area contributed by atoms with Crippen molar-refractivity contribution in [2.24, 2.45) is 5.73 Å². The molecule has 2 aromatic carbocycles. The minimum atomic E-state index is -0.393. The van der Waals surface area contributed by atoms with Crippen LogP contribution >= 0.6 is 0 Å². The SMILES string of the molecule is Cc1cc(Oc2c(F)cccc2C(C)N)ccc1C(C)C. The van der Waals surface area contributed by atoms with Crippen LogP contribution < -0.4 is 10.5 Å². The molecule has 0 heterocycles. The summed E-state index contributed by atoms with van der Waals surface area (Å²) in [5.74, 6) is 0.899. The maximum absolute atomic E-state index is 14.0. The molecule has 112 valence electrons. The molecule has 1 unspecified atom stereocenters. The Balaban J connectivity index is 2.37. The highest BCUT2D eigenvalue weighted by molar-refractivity contribution is 5.43. The zero-order valence-electron chi connectivity index (χ0n) is 13.0. The molecule has 21 heavy (non-hydrogen) atoms. The van der Waals surface area contributed by atoms with Gasteiger partial charge in [0.1, 0.15) is 5.75 Å². The van der Waals surface area contributed by atoms with E-state index >= 15 is 0 Å². The number of para-hydroxylation sites is 1. The Labute approximate surface area is 125 Å². The van der Waals surface area contributed by atoms with Crippen LogP contribution in [-0.4, -0.2) is 0 Å². The van der Waals surface area contributed by atoms with E-state index in [4.69, 9.17) is 10.5 Å². The van der Waals surface area contributed by atoms with E-state index < -0.39 is 5.82 Å². The molecule has 2 aromatic rings. The Morgan fingerprint density at radius 3 is 2.33 bits per heavy atom. The summed E-state index contributed by atoms with van der Waals surface area (Å²) in [5, 5.41) is 0. The summed E-state index contributed by atoms with van der Waals surface area (Å²) in [5.41, 5.74) is 8.96. The van der Waals surface area contributed by atoms with Crippen molar-refractivity contribution in [1.29, 1.82) is 0 Å². The number of benzene rings is 2. The molecule has 0 saturated heterocycles. The minimum absolute atomic E-state index is 0.212.